The minimum absolute atomic E-state index is 0.0300. The van der Waals surface area contributed by atoms with Gasteiger partial charge >= 0.3 is 0 Å². The number of benzene rings is 1. The third-order valence-electron chi connectivity index (χ3n) is 3.85. The molecule has 0 N–H and O–H groups in total. The van der Waals surface area contributed by atoms with E-state index in [1.165, 1.54) is 6.07 Å². The Bertz CT molecular complexity index is 719. The van der Waals surface area contributed by atoms with Crippen LogP contribution in [-0.2, 0) is 0 Å². The number of aromatic nitrogens is 2. The fourth-order valence-electron chi connectivity index (χ4n) is 2.45. The fourth-order valence-corrected chi connectivity index (χ4v) is 2.83. The first kappa shape index (κ1) is 13.3. The Kier molecular flexibility index (Phi) is 2.91. The van der Waals surface area contributed by atoms with Crippen molar-refractivity contribution in [3.05, 3.63) is 34.4 Å². The van der Waals surface area contributed by atoms with Gasteiger partial charge in [0, 0.05) is 5.56 Å². The maximum absolute atomic E-state index is 13.2. The van der Waals surface area contributed by atoms with Gasteiger partial charge in [-0.2, -0.15) is 10.2 Å². The normalized spacial score (nSPS) is 23.4. The van der Waals surface area contributed by atoms with Crippen LogP contribution in [0.2, 0.25) is 0 Å². The highest BCUT2D eigenvalue weighted by Gasteiger charge is 2.62. The molecular weight excluding hydrogens is 325 g/mol. The lowest BCUT2D eigenvalue weighted by molar-refractivity contribution is 0.368. The molecule has 0 saturated heterocycles. The monoisotopic (exact) mass is 335 g/mol. The Morgan fingerprint density at radius 1 is 1.45 bits per heavy atom. The second-order valence-electron chi connectivity index (χ2n) is 5.49. The molecule has 0 aliphatic heterocycles. The van der Waals surface area contributed by atoms with Gasteiger partial charge in [0.25, 0.3) is 0 Å². The lowest BCUT2D eigenvalue weighted by Crippen LogP contribution is -1.90. The van der Waals surface area contributed by atoms with Crippen LogP contribution in [-0.4, -0.2) is 10.1 Å². The van der Waals surface area contributed by atoms with Gasteiger partial charge in [0.15, 0.2) is 0 Å². The van der Waals surface area contributed by atoms with Crippen LogP contribution in [0.5, 0.6) is 0 Å². The molecule has 6 heteroatoms. The van der Waals surface area contributed by atoms with Gasteiger partial charge in [0.2, 0.25) is 11.7 Å². The highest BCUT2D eigenvalue weighted by Crippen LogP contribution is 2.63. The summed E-state index contributed by atoms with van der Waals surface area (Å²) in [5, 5.41) is 13.0. The van der Waals surface area contributed by atoms with E-state index in [1.54, 1.807) is 12.1 Å². The largest absolute Gasteiger partial charge is 0.339 e. The predicted molar refractivity (Wildman–Crippen MR) is 73.0 cm³/mol. The molecule has 3 rings (SSSR count). The van der Waals surface area contributed by atoms with E-state index in [4.69, 9.17) is 9.78 Å². The summed E-state index contributed by atoms with van der Waals surface area (Å²) in [4.78, 5) is 4.33. The van der Waals surface area contributed by atoms with Crippen molar-refractivity contribution in [1.29, 1.82) is 5.26 Å². The lowest BCUT2D eigenvalue weighted by atomic mass is 10.1. The first-order chi connectivity index (χ1) is 9.45. The van der Waals surface area contributed by atoms with E-state index in [1.807, 2.05) is 13.8 Å². The molecule has 1 fully saturated rings. The van der Waals surface area contributed by atoms with E-state index in [-0.39, 0.29) is 23.1 Å². The van der Waals surface area contributed by atoms with Gasteiger partial charge in [-0.1, -0.05) is 19.0 Å². The second kappa shape index (κ2) is 4.38. The number of hydrogen-bond acceptors (Lipinski definition) is 4. The molecule has 4 nitrogen and oxygen atoms in total. The molecule has 1 heterocycles. The van der Waals surface area contributed by atoms with Crippen molar-refractivity contribution in [2.75, 3.05) is 0 Å². The van der Waals surface area contributed by atoms with Crippen molar-refractivity contribution >= 4 is 15.9 Å². The van der Waals surface area contributed by atoms with Crippen molar-refractivity contribution in [3.8, 4) is 17.5 Å². The van der Waals surface area contributed by atoms with E-state index in [0.717, 1.165) is 0 Å². The van der Waals surface area contributed by atoms with Crippen LogP contribution in [0.25, 0.3) is 11.4 Å². The molecule has 0 radical (unpaired) electrons. The van der Waals surface area contributed by atoms with Crippen LogP contribution in [0, 0.1) is 28.5 Å². The minimum Gasteiger partial charge on any atom is -0.339 e. The van der Waals surface area contributed by atoms with Gasteiger partial charge in [-0.25, -0.2) is 4.39 Å². The molecule has 1 saturated carbocycles. The third kappa shape index (κ3) is 1.93. The number of rotatable bonds is 2. The van der Waals surface area contributed by atoms with Gasteiger partial charge in [0.05, 0.1) is 22.4 Å². The van der Waals surface area contributed by atoms with Crippen molar-refractivity contribution in [3.63, 3.8) is 0 Å². The highest BCUT2D eigenvalue weighted by molar-refractivity contribution is 9.10. The van der Waals surface area contributed by atoms with Gasteiger partial charge in [-0.05, 0) is 39.5 Å². The molecule has 0 amide bonds. The summed E-state index contributed by atoms with van der Waals surface area (Å²) >= 11 is 3.13. The second-order valence-corrected chi connectivity index (χ2v) is 6.35. The Hall–Kier alpha value is -1.74. The van der Waals surface area contributed by atoms with E-state index in [2.05, 4.69) is 32.1 Å². The van der Waals surface area contributed by atoms with E-state index >= 15 is 0 Å². The summed E-state index contributed by atoms with van der Waals surface area (Å²) in [6.07, 6.45) is 0. The predicted octanol–water partition coefficient (Wildman–Crippen LogP) is 3.90. The van der Waals surface area contributed by atoms with Crippen LogP contribution < -0.4 is 0 Å². The summed E-state index contributed by atoms with van der Waals surface area (Å²) in [5.74, 6) is 0.399. The maximum Gasteiger partial charge on any atom is 0.232 e. The van der Waals surface area contributed by atoms with Crippen molar-refractivity contribution < 1.29 is 8.91 Å². The molecule has 2 aromatic rings. The van der Waals surface area contributed by atoms with Gasteiger partial charge < -0.3 is 4.52 Å². The van der Waals surface area contributed by atoms with Crippen LogP contribution in [0.15, 0.2) is 27.2 Å². The molecular formula is C14H11BrFN3O. The van der Waals surface area contributed by atoms with Crippen molar-refractivity contribution in [2.24, 2.45) is 11.3 Å². The van der Waals surface area contributed by atoms with E-state index in [0.29, 0.717) is 21.8 Å². The molecule has 1 aromatic carbocycles. The summed E-state index contributed by atoms with van der Waals surface area (Å²) in [6, 6.07) is 6.79. The zero-order valence-corrected chi connectivity index (χ0v) is 12.5. The number of nitrogens with zero attached hydrogens (tertiary/aromatic N) is 3. The highest BCUT2D eigenvalue weighted by atomic mass is 79.9. The third-order valence-corrected chi connectivity index (χ3v) is 4.46. The van der Waals surface area contributed by atoms with E-state index in [9.17, 15) is 4.39 Å². The molecule has 2 unspecified atom stereocenters. The molecule has 1 aliphatic rings. The van der Waals surface area contributed by atoms with Crippen LogP contribution >= 0.6 is 15.9 Å². The summed E-state index contributed by atoms with van der Waals surface area (Å²) in [5.41, 5.74) is 0.530. The Morgan fingerprint density at radius 3 is 2.80 bits per heavy atom. The van der Waals surface area contributed by atoms with E-state index < -0.39 is 0 Å². The van der Waals surface area contributed by atoms with Crippen LogP contribution in [0.3, 0.4) is 0 Å². The van der Waals surface area contributed by atoms with Gasteiger partial charge in [-0.15, -0.1) is 0 Å². The standard InChI is InChI=1S/C14H11BrFN3O/c1-14(2)8(6-17)11(14)13-18-12(19-20-13)7-3-4-10(16)9(15)5-7/h3-5,8,11H,1-2H3. The van der Waals surface area contributed by atoms with Crippen LogP contribution in [0.4, 0.5) is 4.39 Å². The first-order valence-electron chi connectivity index (χ1n) is 6.14. The van der Waals surface area contributed by atoms with Crippen molar-refractivity contribution in [1.82, 2.24) is 10.1 Å². The fraction of sp³-hybridized carbons (Fsp3) is 0.357. The summed E-state index contributed by atoms with van der Waals surface area (Å²) < 4.78 is 18.8. The Labute approximate surface area is 123 Å². The van der Waals surface area contributed by atoms with Gasteiger partial charge in [0.1, 0.15) is 5.82 Å². The molecule has 102 valence electrons. The van der Waals surface area contributed by atoms with Crippen molar-refractivity contribution in [2.45, 2.75) is 19.8 Å². The minimum atomic E-state index is -0.342. The summed E-state index contributed by atoms with van der Waals surface area (Å²) in [6.45, 7) is 4.01. The Balaban J connectivity index is 1.92. The number of halogens is 2. The molecule has 1 aromatic heterocycles. The quantitative estimate of drug-likeness (QED) is 0.834. The summed E-state index contributed by atoms with van der Waals surface area (Å²) in [7, 11) is 0. The topological polar surface area (TPSA) is 62.7 Å². The van der Waals surface area contributed by atoms with Gasteiger partial charge in [-0.3, -0.25) is 0 Å². The zero-order valence-electron chi connectivity index (χ0n) is 10.9. The molecule has 0 bridgehead atoms. The SMILES string of the molecule is CC1(C)C(C#N)C1c1nc(-c2ccc(F)c(Br)c2)no1. The smallest absolute Gasteiger partial charge is 0.232 e. The molecule has 20 heavy (non-hydrogen) atoms. The Morgan fingerprint density at radius 2 is 2.20 bits per heavy atom. The zero-order chi connectivity index (χ0) is 14.5. The average molecular weight is 336 g/mol. The maximum atomic E-state index is 13.2. The molecule has 0 spiro atoms. The molecule has 1 aliphatic carbocycles. The van der Waals surface area contributed by atoms with Crippen LogP contribution in [0.1, 0.15) is 25.7 Å². The average Bonchev–Trinajstić information content (AvgIpc) is 2.76. The number of hydrogen-bond donors (Lipinski definition) is 0. The lowest BCUT2D eigenvalue weighted by Gasteiger charge is -1.97. The first-order valence-corrected chi connectivity index (χ1v) is 6.93. The number of nitriles is 1. The molecule has 2 atom stereocenters.